The van der Waals surface area contributed by atoms with Gasteiger partial charge in [0.25, 0.3) is 0 Å². The minimum atomic E-state index is -0.700. The van der Waals surface area contributed by atoms with Crippen LogP contribution in [-0.2, 0) is 4.79 Å². The van der Waals surface area contributed by atoms with Crippen LogP contribution in [0, 0.1) is 0 Å². The summed E-state index contributed by atoms with van der Waals surface area (Å²) in [5, 5.41) is 5.12. The first-order valence-corrected chi connectivity index (χ1v) is 7.67. The van der Waals surface area contributed by atoms with Gasteiger partial charge < -0.3 is 11.1 Å². The number of fused-ring (bicyclic) bond motifs is 1. The first-order valence-electron chi connectivity index (χ1n) is 6.88. The molecule has 0 aliphatic heterocycles. The van der Waals surface area contributed by atoms with Gasteiger partial charge in [-0.2, -0.15) is 0 Å². The molecule has 20 heavy (non-hydrogen) atoms. The van der Waals surface area contributed by atoms with Crippen molar-refractivity contribution >= 4 is 38.3 Å². The molecule has 2 aromatic rings. The maximum atomic E-state index is 12.4. The Hall–Kier alpha value is -1.39. The Kier molecular flexibility index (Phi) is 3.52. The van der Waals surface area contributed by atoms with Crippen molar-refractivity contribution in [3.63, 3.8) is 0 Å². The molecule has 0 aromatic heterocycles. The Morgan fingerprint density at radius 2 is 1.75 bits per heavy atom. The second kappa shape index (κ2) is 5.19. The molecule has 0 saturated heterocycles. The summed E-state index contributed by atoms with van der Waals surface area (Å²) in [5.74, 6) is -0.0672. The summed E-state index contributed by atoms with van der Waals surface area (Å²) in [4.78, 5) is 12.4. The van der Waals surface area contributed by atoms with Crippen LogP contribution in [0.2, 0.25) is 0 Å². The molecule has 1 fully saturated rings. The fourth-order valence-electron chi connectivity index (χ4n) is 2.85. The third kappa shape index (κ3) is 2.34. The molecule has 1 amide bonds. The van der Waals surface area contributed by atoms with Crippen molar-refractivity contribution in [3.05, 3.63) is 40.9 Å². The second-order valence-corrected chi connectivity index (χ2v) is 6.31. The van der Waals surface area contributed by atoms with E-state index in [-0.39, 0.29) is 5.91 Å². The number of hydrogen-bond acceptors (Lipinski definition) is 2. The minimum Gasteiger partial charge on any atom is -0.324 e. The lowest BCUT2D eigenvalue weighted by atomic mass is 9.97. The van der Waals surface area contributed by atoms with Crippen LogP contribution in [0.1, 0.15) is 25.7 Å². The lowest BCUT2D eigenvalue weighted by Gasteiger charge is -2.23. The molecule has 0 unspecified atom stereocenters. The average Bonchev–Trinajstić information content (AvgIpc) is 2.90. The number of rotatable bonds is 2. The van der Waals surface area contributed by atoms with E-state index in [9.17, 15) is 4.79 Å². The Bertz CT molecular complexity index is 663. The fraction of sp³-hybridized carbons (Fsp3) is 0.312. The Balaban J connectivity index is 1.95. The molecule has 3 rings (SSSR count). The van der Waals surface area contributed by atoms with Crippen LogP contribution < -0.4 is 11.1 Å². The molecule has 0 bridgehead atoms. The van der Waals surface area contributed by atoms with Crippen LogP contribution in [0.15, 0.2) is 40.9 Å². The predicted octanol–water partition coefficient (Wildman–Crippen LogP) is 3.81. The van der Waals surface area contributed by atoms with Gasteiger partial charge in [-0.25, -0.2) is 0 Å². The van der Waals surface area contributed by atoms with Crippen molar-refractivity contribution in [2.24, 2.45) is 5.73 Å². The van der Waals surface area contributed by atoms with Crippen molar-refractivity contribution in [1.82, 2.24) is 0 Å². The molecule has 4 heteroatoms. The molecule has 1 aliphatic carbocycles. The van der Waals surface area contributed by atoms with E-state index in [4.69, 9.17) is 5.73 Å². The van der Waals surface area contributed by atoms with Crippen LogP contribution in [-0.4, -0.2) is 11.4 Å². The monoisotopic (exact) mass is 332 g/mol. The van der Waals surface area contributed by atoms with Gasteiger partial charge >= 0.3 is 0 Å². The van der Waals surface area contributed by atoms with Gasteiger partial charge in [-0.15, -0.1) is 0 Å². The third-order valence-corrected chi connectivity index (χ3v) is 4.76. The highest BCUT2D eigenvalue weighted by atomic mass is 79.9. The van der Waals surface area contributed by atoms with Crippen molar-refractivity contribution in [3.8, 4) is 0 Å². The summed E-state index contributed by atoms with van der Waals surface area (Å²) in [6.45, 7) is 0. The van der Waals surface area contributed by atoms with E-state index in [1.165, 1.54) is 0 Å². The van der Waals surface area contributed by atoms with Crippen LogP contribution in [0.25, 0.3) is 10.8 Å². The van der Waals surface area contributed by atoms with Crippen molar-refractivity contribution in [2.75, 3.05) is 5.32 Å². The van der Waals surface area contributed by atoms with Gasteiger partial charge in [0.15, 0.2) is 0 Å². The standard InChI is InChI=1S/C16H17BrN2O/c17-13-7-8-14(12-6-2-1-5-11(12)13)19-15(20)16(18)9-3-4-10-16/h1-2,5-8H,3-4,9-10,18H2,(H,19,20). The van der Waals surface area contributed by atoms with E-state index in [2.05, 4.69) is 21.2 Å². The van der Waals surface area contributed by atoms with E-state index in [0.29, 0.717) is 0 Å². The number of anilines is 1. The third-order valence-electron chi connectivity index (χ3n) is 4.07. The van der Waals surface area contributed by atoms with Gasteiger partial charge in [-0.1, -0.05) is 53.0 Å². The first-order chi connectivity index (χ1) is 9.60. The molecule has 2 aromatic carbocycles. The summed E-state index contributed by atoms with van der Waals surface area (Å²) < 4.78 is 1.02. The molecule has 104 valence electrons. The van der Waals surface area contributed by atoms with E-state index in [1.54, 1.807) is 0 Å². The van der Waals surface area contributed by atoms with E-state index in [1.807, 2.05) is 36.4 Å². The Morgan fingerprint density at radius 3 is 2.45 bits per heavy atom. The SMILES string of the molecule is NC1(C(=O)Nc2ccc(Br)c3ccccc23)CCCC1. The first kappa shape index (κ1) is 13.6. The fourth-order valence-corrected chi connectivity index (χ4v) is 3.33. The molecule has 0 radical (unpaired) electrons. The van der Waals surface area contributed by atoms with Crippen molar-refractivity contribution < 1.29 is 4.79 Å². The summed E-state index contributed by atoms with van der Waals surface area (Å²) in [5.41, 5.74) is 6.33. The molecule has 0 spiro atoms. The van der Waals surface area contributed by atoms with Gasteiger partial charge in [0.1, 0.15) is 0 Å². The smallest absolute Gasteiger partial charge is 0.244 e. The summed E-state index contributed by atoms with van der Waals surface area (Å²) >= 11 is 3.54. The molecular weight excluding hydrogens is 316 g/mol. The number of hydrogen-bond donors (Lipinski definition) is 2. The van der Waals surface area contributed by atoms with Crippen LogP contribution in [0.3, 0.4) is 0 Å². The van der Waals surface area contributed by atoms with Crippen LogP contribution in [0.4, 0.5) is 5.69 Å². The molecule has 0 heterocycles. The van der Waals surface area contributed by atoms with Gasteiger partial charge in [0.05, 0.1) is 5.54 Å². The largest absolute Gasteiger partial charge is 0.324 e. The van der Waals surface area contributed by atoms with E-state index < -0.39 is 5.54 Å². The number of halogens is 1. The van der Waals surface area contributed by atoms with Gasteiger partial charge in [-0.3, -0.25) is 4.79 Å². The summed E-state index contributed by atoms with van der Waals surface area (Å²) in [7, 11) is 0. The minimum absolute atomic E-state index is 0.0672. The highest BCUT2D eigenvalue weighted by molar-refractivity contribution is 9.10. The zero-order valence-corrected chi connectivity index (χ0v) is 12.7. The second-order valence-electron chi connectivity index (χ2n) is 5.46. The van der Waals surface area contributed by atoms with Crippen LogP contribution >= 0.6 is 15.9 Å². The molecule has 3 N–H and O–H groups in total. The number of amides is 1. The molecule has 0 atom stereocenters. The highest BCUT2D eigenvalue weighted by Gasteiger charge is 2.37. The summed E-state index contributed by atoms with van der Waals surface area (Å²) in [6.07, 6.45) is 3.61. The maximum Gasteiger partial charge on any atom is 0.244 e. The summed E-state index contributed by atoms with van der Waals surface area (Å²) in [6, 6.07) is 11.9. The van der Waals surface area contributed by atoms with Crippen LogP contribution in [0.5, 0.6) is 0 Å². The molecule has 1 aliphatic rings. The van der Waals surface area contributed by atoms with Gasteiger partial charge in [-0.05, 0) is 30.4 Å². The van der Waals surface area contributed by atoms with E-state index in [0.717, 1.165) is 46.6 Å². The topological polar surface area (TPSA) is 55.1 Å². The normalized spacial score (nSPS) is 17.3. The zero-order chi connectivity index (χ0) is 14.2. The Labute approximate surface area is 126 Å². The number of carbonyl (C=O) groups is 1. The van der Waals surface area contributed by atoms with E-state index >= 15 is 0 Å². The maximum absolute atomic E-state index is 12.4. The lowest BCUT2D eigenvalue weighted by Crippen LogP contribution is -2.48. The van der Waals surface area contributed by atoms with Gasteiger partial charge in [0.2, 0.25) is 5.91 Å². The number of carbonyl (C=O) groups excluding carboxylic acids is 1. The molecule has 1 saturated carbocycles. The highest BCUT2D eigenvalue weighted by Crippen LogP contribution is 2.32. The number of benzene rings is 2. The number of nitrogens with two attached hydrogens (primary N) is 1. The quantitative estimate of drug-likeness (QED) is 0.878. The average molecular weight is 333 g/mol. The van der Waals surface area contributed by atoms with Crippen molar-refractivity contribution in [2.45, 2.75) is 31.2 Å². The zero-order valence-electron chi connectivity index (χ0n) is 11.2. The molecule has 3 nitrogen and oxygen atoms in total. The lowest BCUT2D eigenvalue weighted by molar-refractivity contribution is -0.120. The van der Waals surface area contributed by atoms with Gasteiger partial charge in [0, 0.05) is 15.5 Å². The number of nitrogens with one attached hydrogen (secondary N) is 1. The molecular formula is C16H17BrN2O. The van der Waals surface area contributed by atoms with Crippen molar-refractivity contribution in [1.29, 1.82) is 0 Å². The Morgan fingerprint density at radius 1 is 1.10 bits per heavy atom. The predicted molar refractivity (Wildman–Crippen MR) is 85.7 cm³/mol.